The summed E-state index contributed by atoms with van der Waals surface area (Å²) in [4.78, 5) is 33.2. The minimum atomic E-state index is -1.01. The third kappa shape index (κ3) is 8.07. The number of carboxylic acids is 1. The van der Waals surface area contributed by atoms with Crippen LogP contribution in [0.25, 0.3) is 0 Å². The molecule has 8 heteroatoms. The molecule has 0 radical (unpaired) electrons. The van der Waals surface area contributed by atoms with E-state index in [1.54, 1.807) is 48.5 Å². The molecule has 5 N–H and O–H groups in total. The SMILES string of the molecule is NC(=O)c1ccccc1.O=C(Nc1ccc(Oc2ccccc2)cc1)Nc1ccc(C(=O)O)cc1. The zero-order valence-electron chi connectivity index (χ0n) is 18.5. The van der Waals surface area contributed by atoms with Gasteiger partial charge in [-0.15, -0.1) is 0 Å². The normalized spacial score (nSPS) is 9.71. The van der Waals surface area contributed by atoms with E-state index in [1.807, 2.05) is 36.4 Å². The molecule has 4 aromatic rings. The van der Waals surface area contributed by atoms with Crippen LogP contribution >= 0.6 is 0 Å². The molecule has 35 heavy (non-hydrogen) atoms. The maximum absolute atomic E-state index is 12.0. The number of hydrogen-bond donors (Lipinski definition) is 4. The van der Waals surface area contributed by atoms with Crippen molar-refractivity contribution in [1.29, 1.82) is 0 Å². The molecule has 0 heterocycles. The summed E-state index contributed by atoms with van der Waals surface area (Å²) in [6.45, 7) is 0. The molecule has 0 saturated heterocycles. The molecule has 0 aliphatic heterocycles. The van der Waals surface area contributed by atoms with Gasteiger partial charge >= 0.3 is 12.0 Å². The summed E-state index contributed by atoms with van der Waals surface area (Å²) in [5.74, 6) is -0.00316. The van der Waals surface area contributed by atoms with Gasteiger partial charge in [-0.1, -0.05) is 36.4 Å². The van der Waals surface area contributed by atoms with Crippen LogP contribution in [0.5, 0.6) is 11.5 Å². The number of primary amides is 1. The van der Waals surface area contributed by atoms with Gasteiger partial charge < -0.3 is 26.2 Å². The first-order valence-electron chi connectivity index (χ1n) is 10.5. The predicted molar refractivity (Wildman–Crippen MR) is 134 cm³/mol. The van der Waals surface area contributed by atoms with Crippen molar-refractivity contribution in [1.82, 2.24) is 0 Å². The summed E-state index contributed by atoms with van der Waals surface area (Å²) < 4.78 is 5.69. The Kier molecular flexibility index (Phi) is 8.56. The molecule has 0 bridgehead atoms. The second-order valence-corrected chi connectivity index (χ2v) is 7.13. The van der Waals surface area contributed by atoms with Crippen LogP contribution in [0.1, 0.15) is 20.7 Å². The van der Waals surface area contributed by atoms with Crippen LogP contribution in [-0.2, 0) is 0 Å². The zero-order chi connectivity index (χ0) is 25.0. The minimum absolute atomic E-state index is 0.157. The van der Waals surface area contributed by atoms with Crippen molar-refractivity contribution in [3.05, 3.63) is 120 Å². The first-order chi connectivity index (χ1) is 16.9. The highest BCUT2D eigenvalue weighted by atomic mass is 16.5. The summed E-state index contributed by atoms with van der Waals surface area (Å²) in [6.07, 6.45) is 0. The van der Waals surface area contributed by atoms with Crippen molar-refractivity contribution in [2.24, 2.45) is 5.73 Å². The maximum atomic E-state index is 12.0. The molecule has 0 spiro atoms. The monoisotopic (exact) mass is 469 g/mol. The fourth-order valence-corrected chi connectivity index (χ4v) is 2.82. The number of carboxylic acid groups (broad SMARTS) is 1. The molecule has 0 aromatic heterocycles. The Labute approximate surface area is 202 Å². The van der Waals surface area contributed by atoms with Crippen molar-refractivity contribution in [2.75, 3.05) is 10.6 Å². The van der Waals surface area contributed by atoms with Gasteiger partial charge in [0.1, 0.15) is 11.5 Å². The van der Waals surface area contributed by atoms with E-state index < -0.39 is 12.0 Å². The number of carbonyl (C=O) groups excluding carboxylic acids is 2. The number of urea groups is 1. The average Bonchev–Trinajstić information content (AvgIpc) is 2.87. The van der Waals surface area contributed by atoms with Gasteiger partial charge in [0.2, 0.25) is 5.91 Å². The molecule has 0 unspecified atom stereocenters. The predicted octanol–water partition coefficient (Wildman–Crippen LogP) is 5.61. The molecule has 3 amide bonds. The number of aromatic carboxylic acids is 1. The van der Waals surface area contributed by atoms with Gasteiger partial charge in [-0.25, -0.2) is 9.59 Å². The Morgan fingerprint density at radius 1 is 0.600 bits per heavy atom. The van der Waals surface area contributed by atoms with E-state index in [-0.39, 0.29) is 11.5 Å². The molecule has 0 fully saturated rings. The van der Waals surface area contributed by atoms with Gasteiger partial charge in [0.25, 0.3) is 0 Å². The largest absolute Gasteiger partial charge is 0.478 e. The van der Waals surface area contributed by atoms with Gasteiger partial charge in [-0.2, -0.15) is 0 Å². The Bertz CT molecular complexity index is 1260. The van der Waals surface area contributed by atoms with E-state index >= 15 is 0 Å². The number of amides is 3. The quantitative estimate of drug-likeness (QED) is 0.292. The topological polar surface area (TPSA) is 131 Å². The van der Waals surface area contributed by atoms with Crippen LogP contribution in [0.4, 0.5) is 16.2 Å². The molecule has 0 atom stereocenters. The van der Waals surface area contributed by atoms with E-state index in [1.165, 1.54) is 24.3 Å². The number of nitrogens with one attached hydrogen (secondary N) is 2. The number of para-hydroxylation sites is 1. The summed E-state index contributed by atoms with van der Waals surface area (Å²) in [5, 5.41) is 14.2. The standard InChI is InChI=1S/C20H16N2O4.C7H7NO/c23-19(24)14-6-8-15(9-7-14)21-20(25)22-16-10-12-18(13-11-16)26-17-4-2-1-3-5-17;8-7(9)6-4-2-1-3-5-6/h1-13H,(H,23,24)(H2,21,22,25);1-5H,(H2,8,9). The smallest absolute Gasteiger partial charge is 0.335 e. The molecular weight excluding hydrogens is 446 g/mol. The van der Waals surface area contributed by atoms with Crippen molar-refractivity contribution < 1.29 is 24.2 Å². The van der Waals surface area contributed by atoms with E-state index in [2.05, 4.69) is 10.6 Å². The van der Waals surface area contributed by atoms with Crippen LogP contribution in [0.15, 0.2) is 109 Å². The van der Waals surface area contributed by atoms with Crippen molar-refractivity contribution in [2.45, 2.75) is 0 Å². The highest BCUT2D eigenvalue weighted by molar-refractivity contribution is 6.00. The van der Waals surface area contributed by atoms with Gasteiger partial charge in [0, 0.05) is 16.9 Å². The van der Waals surface area contributed by atoms with E-state index in [9.17, 15) is 14.4 Å². The number of rotatable bonds is 6. The van der Waals surface area contributed by atoms with E-state index in [0.717, 1.165) is 5.75 Å². The maximum Gasteiger partial charge on any atom is 0.335 e. The first-order valence-corrected chi connectivity index (χ1v) is 10.5. The summed E-state index contributed by atoms with van der Waals surface area (Å²) in [5.41, 5.74) is 6.78. The van der Waals surface area contributed by atoms with Crippen molar-refractivity contribution in [3.8, 4) is 11.5 Å². The number of anilines is 2. The molecule has 4 aromatic carbocycles. The van der Waals surface area contributed by atoms with Crippen LogP contribution < -0.4 is 21.1 Å². The lowest BCUT2D eigenvalue weighted by atomic mass is 10.2. The Hall–Kier alpha value is -5.11. The first kappa shape index (κ1) is 24.5. The van der Waals surface area contributed by atoms with Gasteiger partial charge in [-0.05, 0) is 72.8 Å². The zero-order valence-corrected chi connectivity index (χ0v) is 18.5. The fourth-order valence-electron chi connectivity index (χ4n) is 2.82. The summed E-state index contributed by atoms with van der Waals surface area (Å²) in [7, 11) is 0. The molecule has 176 valence electrons. The van der Waals surface area contributed by atoms with E-state index in [4.69, 9.17) is 15.6 Å². The van der Waals surface area contributed by atoms with Crippen LogP contribution in [0.3, 0.4) is 0 Å². The Morgan fingerprint density at radius 3 is 1.51 bits per heavy atom. The number of benzene rings is 4. The van der Waals surface area contributed by atoms with Crippen LogP contribution in [0, 0.1) is 0 Å². The second kappa shape index (κ2) is 12.2. The number of hydrogen-bond acceptors (Lipinski definition) is 4. The third-order valence-corrected chi connectivity index (χ3v) is 4.54. The van der Waals surface area contributed by atoms with Crippen molar-refractivity contribution >= 4 is 29.3 Å². The average molecular weight is 469 g/mol. The second-order valence-electron chi connectivity index (χ2n) is 7.13. The molecule has 0 aliphatic rings. The number of ether oxygens (including phenoxy) is 1. The molecule has 0 saturated carbocycles. The lowest BCUT2D eigenvalue weighted by Gasteiger charge is -2.09. The van der Waals surface area contributed by atoms with Gasteiger partial charge in [-0.3, -0.25) is 4.79 Å². The van der Waals surface area contributed by atoms with Crippen LogP contribution in [-0.4, -0.2) is 23.0 Å². The van der Waals surface area contributed by atoms with Gasteiger partial charge in [0.15, 0.2) is 0 Å². The fraction of sp³-hybridized carbons (Fsp3) is 0. The van der Waals surface area contributed by atoms with Crippen molar-refractivity contribution in [3.63, 3.8) is 0 Å². The lowest BCUT2D eigenvalue weighted by Crippen LogP contribution is -2.19. The molecule has 4 rings (SSSR count). The molecule has 8 nitrogen and oxygen atoms in total. The number of carbonyl (C=O) groups is 3. The number of nitrogens with two attached hydrogens (primary N) is 1. The summed E-state index contributed by atoms with van der Waals surface area (Å²) >= 11 is 0. The van der Waals surface area contributed by atoms with E-state index in [0.29, 0.717) is 22.7 Å². The Morgan fingerprint density at radius 2 is 1.06 bits per heavy atom. The summed E-state index contributed by atoms with van der Waals surface area (Å²) in [6, 6.07) is 30.6. The highest BCUT2D eigenvalue weighted by Crippen LogP contribution is 2.22. The highest BCUT2D eigenvalue weighted by Gasteiger charge is 2.06. The third-order valence-electron chi connectivity index (χ3n) is 4.54. The lowest BCUT2D eigenvalue weighted by molar-refractivity contribution is 0.0696. The van der Waals surface area contributed by atoms with Gasteiger partial charge in [0.05, 0.1) is 5.56 Å². The van der Waals surface area contributed by atoms with Crippen LogP contribution in [0.2, 0.25) is 0 Å². The Balaban J connectivity index is 0.000000320. The minimum Gasteiger partial charge on any atom is -0.478 e. The molecular formula is C27H23N3O5. The molecule has 0 aliphatic carbocycles.